The van der Waals surface area contributed by atoms with Crippen LogP contribution in [0.15, 0.2) is 46.9 Å². The molecule has 0 heterocycles. The number of carbonyl (C=O) groups is 1. The maximum absolute atomic E-state index is 13.5. The third-order valence-electron chi connectivity index (χ3n) is 2.28. The minimum absolute atomic E-state index is 0.0920. The van der Waals surface area contributed by atoms with Crippen LogP contribution in [0, 0.1) is 5.82 Å². The maximum atomic E-state index is 13.5. The second-order valence-electron chi connectivity index (χ2n) is 3.51. The van der Waals surface area contributed by atoms with E-state index in [-0.39, 0.29) is 11.3 Å². The van der Waals surface area contributed by atoms with Crippen LogP contribution in [0.5, 0.6) is 11.5 Å². The van der Waals surface area contributed by atoms with Crippen molar-refractivity contribution in [3.8, 4) is 11.5 Å². The third kappa shape index (κ3) is 2.51. The second-order valence-corrected chi connectivity index (χ2v) is 4.36. The Kier molecular flexibility index (Phi) is 3.62. The first-order valence-electron chi connectivity index (χ1n) is 5.10. The van der Waals surface area contributed by atoms with E-state index in [1.54, 1.807) is 18.2 Å². The number of rotatable bonds is 3. The molecule has 92 valence electrons. The highest BCUT2D eigenvalue weighted by Gasteiger charge is 2.16. The molecule has 2 N–H and O–H groups in total. The molecule has 0 aliphatic rings. The van der Waals surface area contributed by atoms with Gasteiger partial charge in [0, 0.05) is 0 Å². The van der Waals surface area contributed by atoms with Crippen LogP contribution >= 0.6 is 15.9 Å². The van der Waals surface area contributed by atoms with Crippen molar-refractivity contribution in [3.05, 3.63) is 58.3 Å². The van der Waals surface area contributed by atoms with Crippen LogP contribution in [-0.4, -0.2) is 5.91 Å². The van der Waals surface area contributed by atoms with Gasteiger partial charge in [-0.25, -0.2) is 4.39 Å². The lowest BCUT2D eigenvalue weighted by Gasteiger charge is -2.10. The van der Waals surface area contributed by atoms with Crippen LogP contribution in [0.4, 0.5) is 4.39 Å². The number of amides is 1. The molecule has 0 spiro atoms. The largest absolute Gasteiger partial charge is 0.455 e. The summed E-state index contributed by atoms with van der Waals surface area (Å²) in [6.07, 6.45) is 0. The Morgan fingerprint density at radius 1 is 1.11 bits per heavy atom. The Morgan fingerprint density at radius 2 is 1.78 bits per heavy atom. The molecule has 0 aliphatic heterocycles. The summed E-state index contributed by atoms with van der Waals surface area (Å²) in [7, 11) is 0. The molecule has 0 radical (unpaired) electrons. The summed E-state index contributed by atoms with van der Waals surface area (Å²) in [4.78, 5) is 11.2. The van der Waals surface area contributed by atoms with Crippen LogP contribution < -0.4 is 10.5 Å². The molecule has 0 saturated carbocycles. The Balaban J connectivity index is 2.44. The molecule has 2 rings (SSSR count). The fourth-order valence-corrected chi connectivity index (χ4v) is 1.84. The minimum atomic E-state index is -0.866. The molecule has 0 aromatic heterocycles. The van der Waals surface area contributed by atoms with Crippen molar-refractivity contribution in [2.24, 2.45) is 5.73 Å². The zero-order valence-electron chi connectivity index (χ0n) is 9.19. The normalized spacial score (nSPS) is 10.1. The first-order chi connectivity index (χ1) is 8.59. The van der Waals surface area contributed by atoms with E-state index in [2.05, 4.69) is 15.9 Å². The maximum Gasteiger partial charge on any atom is 0.255 e. The van der Waals surface area contributed by atoms with Gasteiger partial charge in [-0.3, -0.25) is 4.79 Å². The van der Waals surface area contributed by atoms with Crippen molar-refractivity contribution in [1.29, 1.82) is 0 Å². The molecular weight excluding hydrogens is 301 g/mol. The van der Waals surface area contributed by atoms with E-state index in [0.29, 0.717) is 10.2 Å². The average molecular weight is 310 g/mol. The summed E-state index contributed by atoms with van der Waals surface area (Å²) < 4.78 is 19.7. The zero-order chi connectivity index (χ0) is 13.1. The zero-order valence-corrected chi connectivity index (χ0v) is 10.8. The van der Waals surface area contributed by atoms with E-state index < -0.39 is 11.7 Å². The van der Waals surface area contributed by atoms with Gasteiger partial charge in [0.25, 0.3) is 5.91 Å². The summed E-state index contributed by atoms with van der Waals surface area (Å²) in [6, 6.07) is 11.2. The molecule has 3 nitrogen and oxygen atoms in total. The molecule has 0 bridgehead atoms. The van der Waals surface area contributed by atoms with Gasteiger partial charge in [-0.1, -0.05) is 18.2 Å². The quantitative estimate of drug-likeness (QED) is 0.943. The number of hydrogen-bond acceptors (Lipinski definition) is 2. The predicted octanol–water partition coefficient (Wildman–Crippen LogP) is 3.48. The highest BCUT2D eigenvalue weighted by molar-refractivity contribution is 9.10. The first-order valence-corrected chi connectivity index (χ1v) is 5.89. The van der Waals surface area contributed by atoms with Gasteiger partial charge in [-0.2, -0.15) is 0 Å². The van der Waals surface area contributed by atoms with Crippen molar-refractivity contribution in [1.82, 2.24) is 0 Å². The van der Waals surface area contributed by atoms with Crippen molar-refractivity contribution in [2.75, 3.05) is 0 Å². The van der Waals surface area contributed by atoms with E-state index >= 15 is 0 Å². The van der Waals surface area contributed by atoms with Gasteiger partial charge in [0.2, 0.25) is 0 Å². The average Bonchev–Trinajstić information content (AvgIpc) is 2.31. The SMILES string of the molecule is NC(=O)c1c(F)cccc1Oc1ccccc1Br. The van der Waals surface area contributed by atoms with Crippen molar-refractivity contribution >= 4 is 21.8 Å². The summed E-state index contributed by atoms with van der Waals surface area (Å²) in [5, 5.41) is 0. The van der Waals surface area contributed by atoms with Crippen molar-refractivity contribution in [2.45, 2.75) is 0 Å². The smallest absolute Gasteiger partial charge is 0.255 e. The van der Waals surface area contributed by atoms with Crippen LogP contribution in [0.25, 0.3) is 0 Å². The van der Waals surface area contributed by atoms with Gasteiger partial charge in [0.15, 0.2) is 0 Å². The van der Waals surface area contributed by atoms with E-state index in [4.69, 9.17) is 10.5 Å². The molecule has 2 aromatic carbocycles. The second kappa shape index (κ2) is 5.18. The van der Waals surface area contributed by atoms with Crippen LogP contribution in [0.2, 0.25) is 0 Å². The Bertz CT molecular complexity index is 601. The number of halogens is 2. The Morgan fingerprint density at radius 3 is 2.44 bits per heavy atom. The lowest BCUT2D eigenvalue weighted by molar-refractivity contribution is 0.0994. The monoisotopic (exact) mass is 309 g/mol. The Labute approximate surface area is 112 Å². The molecular formula is C13H9BrFNO2. The lowest BCUT2D eigenvalue weighted by atomic mass is 10.2. The number of benzene rings is 2. The minimum Gasteiger partial charge on any atom is -0.455 e. The molecule has 0 saturated heterocycles. The van der Waals surface area contributed by atoms with Crippen LogP contribution in [0.1, 0.15) is 10.4 Å². The summed E-state index contributed by atoms with van der Waals surface area (Å²) in [5.74, 6) is -0.998. The number of nitrogens with two attached hydrogens (primary N) is 1. The molecule has 1 amide bonds. The summed E-state index contributed by atoms with van der Waals surface area (Å²) >= 11 is 3.30. The van der Waals surface area contributed by atoms with Gasteiger partial charge in [0.05, 0.1) is 4.47 Å². The number of para-hydroxylation sites is 1. The van der Waals surface area contributed by atoms with Crippen LogP contribution in [-0.2, 0) is 0 Å². The summed E-state index contributed by atoms with van der Waals surface area (Å²) in [6.45, 7) is 0. The fourth-order valence-electron chi connectivity index (χ4n) is 1.47. The van der Waals surface area contributed by atoms with E-state index in [9.17, 15) is 9.18 Å². The lowest BCUT2D eigenvalue weighted by Crippen LogP contribution is -2.14. The molecule has 2 aromatic rings. The van der Waals surface area contributed by atoms with Gasteiger partial charge in [-0.05, 0) is 40.2 Å². The number of hydrogen-bond donors (Lipinski definition) is 1. The molecule has 0 aliphatic carbocycles. The highest BCUT2D eigenvalue weighted by Crippen LogP contribution is 2.31. The Hall–Kier alpha value is -1.88. The van der Waals surface area contributed by atoms with Crippen molar-refractivity contribution in [3.63, 3.8) is 0 Å². The van der Waals surface area contributed by atoms with Crippen molar-refractivity contribution < 1.29 is 13.9 Å². The van der Waals surface area contributed by atoms with E-state index in [1.807, 2.05) is 6.07 Å². The first kappa shape index (κ1) is 12.6. The number of ether oxygens (including phenoxy) is 1. The van der Waals surface area contributed by atoms with E-state index in [0.717, 1.165) is 6.07 Å². The topological polar surface area (TPSA) is 52.3 Å². The number of carbonyl (C=O) groups excluding carboxylic acids is 1. The van der Waals surface area contributed by atoms with Crippen LogP contribution in [0.3, 0.4) is 0 Å². The van der Waals surface area contributed by atoms with Gasteiger partial charge >= 0.3 is 0 Å². The molecule has 18 heavy (non-hydrogen) atoms. The molecule has 0 fully saturated rings. The molecule has 5 heteroatoms. The highest BCUT2D eigenvalue weighted by atomic mass is 79.9. The predicted molar refractivity (Wildman–Crippen MR) is 69.1 cm³/mol. The standard InChI is InChI=1S/C13H9BrFNO2/c14-8-4-1-2-6-10(8)18-11-7-3-5-9(15)12(11)13(16)17/h1-7H,(H2,16,17). The van der Waals surface area contributed by atoms with Gasteiger partial charge in [-0.15, -0.1) is 0 Å². The summed E-state index contributed by atoms with van der Waals surface area (Å²) in [5.41, 5.74) is 4.88. The number of primary amides is 1. The van der Waals surface area contributed by atoms with E-state index in [1.165, 1.54) is 12.1 Å². The molecule has 0 atom stereocenters. The van der Waals surface area contributed by atoms with Gasteiger partial charge < -0.3 is 10.5 Å². The fraction of sp³-hybridized carbons (Fsp3) is 0. The molecule has 0 unspecified atom stereocenters. The van der Waals surface area contributed by atoms with Gasteiger partial charge in [0.1, 0.15) is 22.9 Å². The third-order valence-corrected chi connectivity index (χ3v) is 2.93.